The van der Waals surface area contributed by atoms with Crippen LogP contribution in [0.5, 0.6) is 0 Å². The van der Waals surface area contributed by atoms with Crippen LogP contribution in [0.1, 0.15) is 38.8 Å². The summed E-state index contributed by atoms with van der Waals surface area (Å²) in [7, 11) is -3.35. The zero-order chi connectivity index (χ0) is 15.3. The molecule has 2 N–H and O–H groups in total. The van der Waals surface area contributed by atoms with Gasteiger partial charge in [0.15, 0.2) is 0 Å². The van der Waals surface area contributed by atoms with E-state index in [-0.39, 0.29) is 17.9 Å². The molecule has 0 spiro atoms. The Labute approximate surface area is 120 Å². The second kappa shape index (κ2) is 6.74. The number of carbonyl (C=O) groups is 1. The van der Waals surface area contributed by atoms with Crippen molar-refractivity contribution in [3.8, 4) is 0 Å². The molecule has 0 heterocycles. The first kappa shape index (κ1) is 16.5. The van der Waals surface area contributed by atoms with Crippen LogP contribution in [0.4, 0.5) is 5.69 Å². The van der Waals surface area contributed by atoms with Gasteiger partial charge in [-0.25, -0.2) is 8.42 Å². The molecule has 0 saturated carbocycles. The molecule has 0 bridgehead atoms. The maximum absolute atomic E-state index is 11.9. The number of sulfonamides is 1. The summed E-state index contributed by atoms with van der Waals surface area (Å²) < 4.78 is 25.2. The SMILES string of the molecule is CC[C@@H](C)C(=O)N[C@H](C)c1ccccc1NS(C)(=O)=O. The van der Waals surface area contributed by atoms with E-state index in [0.29, 0.717) is 5.69 Å². The molecule has 2 atom stereocenters. The summed E-state index contributed by atoms with van der Waals surface area (Å²) in [4.78, 5) is 11.9. The summed E-state index contributed by atoms with van der Waals surface area (Å²) in [6.45, 7) is 5.65. The summed E-state index contributed by atoms with van der Waals surface area (Å²) in [5.74, 6) is -0.0957. The molecule has 1 amide bonds. The van der Waals surface area contributed by atoms with Gasteiger partial charge in [-0.2, -0.15) is 0 Å². The van der Waals surface area contributed by atoms with Gasteiger partial charge in [0.2, 0.25) is 15.9 Å². The van der Waals surface area contributed by atoms with E-state index >= 15 is 0 Å². The van der Waals surface area contributed by atoms with Crippen LogP contribution in [0, 0.1) is 5.92 Å². The van der Waals surface area contributed by atoms with Gasteiger partial charge in [0.25, 0.3) is 0 Å². The Morgan fingerprint density at radius 2 is 1.85 bits per heavy atom. The number of para-hydroxylation sites is 1. The van der Waals surface area contributed by atoms with Crippen LogP contribution in [-0.2, 0) is 14.8 Å². The molecular weight excluding hydrogens is 276 g/mol. The third-order valence-electron chi connectivity index (χ3n) is 3.14. The van der Waals surface area contributed by atoms with E-state index < -0.39 is 10.0 Å². The molecule has 112 valence electrons. The van der Waals surface area contributed by atoms with Gasteiger partial charge in [-0.1, -0.05) is 32.0 Å². The number of amides is 1. The van der Waals surface area contributed by atoms with Crippen LogP contribution in [-0.4, -0.2) is 20.6 Å². The molecule has 0 aliphatic rings. The molecule has 5 nitrogen and oxygen atoms in total. The second-order valence-electron chi connectivity index (χ2n) is 5.00. The van der Waals surface area contributed by atoms with Crippen molar-refractivity contribution in [2.45, 2.75) is 33.2 Å². The van der Waals surface area contributed by atoms with Gasteiger partial charge in [0.05, 0.1) is 18.0 Å². The predicted octanol–water partition coefficient (Wildman–Crippen LogP) is 2.28. The first-order chi connectivity index (χ1) is 9.24. The fraction of sp³-hybridized carbons (Fsp3) is 0.500. The Morgan fingerprint density at radius 3 is 2.40 bits per heavy atom. The molecule has 1 aromatic carbocycles. The highest BCUT2D eigenvalue weighted by atomic mass is 32.2. The van der Waals surface area contributed by atoms with Crippen LogP contribution >= 0.6 is 0 Å². The van der Waals surface area contributed by atoms with Crippen LogP contribution in [0.2, 0.25) is 0 Å². The normalized spacial score (nSPS) is 14.4. The highest BCUT2D eigenvalue weighted by Crippen LogP contribution is 2.23. The molecule has 0 fully saturated rings. The number of nitrogens with one attached hydrogen (secondary N) is 2. The van der Waals surface area contributed by atoms with Crippen LogP contribution in [0.15, 0.2) is 24.3 Å². The van der Waals surface area contributed by atoms with Crippen LogP contribution in [0.25, 0.3) is 0 Å². The van der Waals surface area contributed by atoms with Gasteiger partial charge in [-0.15, -0.1) is 0 Å². The van der Waals surface area contributed by atoms with E-state index in [4.69, 9.17) is 0 Å². The molecular formula is C14H22N2O3S. The van der Waals surface area contributed by atoms with Crippen molar-refractivity contribution < 1.29 is 13.2 Å². The molecule has 1 rings (SSSR count). The van der Waals surface area contributed by atoms with Crippen molar-refractivity contribution in [2.24, 2.45) is 5.92 Å². The van der Waals surface area contributed by atoms with Gasteiger partial charge >= 0.3 is 0 Å². The average Bonchev–Trinajstić information content (AvgIpc) is 2.36. The molecule has 0 radical (unpaired) electrons. The van der Waals surface area contributed by atoms with Crippen molar-refractivity contribution in [2.75, 3.05) is 11.0 Å². The smallest absolute Gasteiger partial charge is 0.229 e. The fourth-order valence-electron chi connectivity index (χ4n) is 1.79. The standard InChI is InChI=1S/C14H22N2O3S/c1-5-10(2)14(17)15-11(3)12-8-6-7-9-13(12)16-20(4,18)19/h6-11,16H,5H2,1-4H3,(H,15,17)/t10-,11-/m1/s1. The first-order valence-electron chi connectivity index (χ1n) is 6.61. The average molecular weight is 298 g/mol. The lowest BCUT2D eigenvalue weighted by atomic mass is 10.0. The monoisotopic (exact) mass is 298 g/mol. The molecule has 0 saturated heterocycles. The summed E-state index contributed by atoms with van der Waals surface area (Å²) in [5.41, 5.74) is 1.24. The third-order valence-corrected chi connectivity index (χ3v) is 3.73. The zero-order valence-corrected chi connectivity index (χ0v) is 13.1. The Kier molecular flexibility index (Phi) is 5.56. The van der Waals surface area contributed by atoms with E-state index in [0.717, 1.165) is 18.2 Å². The Balaban J connectivity index is 2.93. The topological polar surface area (TPSA) is 75.3 Å². The van der Waals surface area contributed by atoms with Crippen molar-refractivity contribution >= 4 is 21.6 Å². The molecule has 0 aliphatic heterocycles. The van der Waals surface area contributed by atoms with Crippen molar-refractivity contribution in [1.82, 2.24) is 5.32 Å². The zero-order valence-electron chi connectivity index (χ0n) is 12.3. The Morgan fingerprint density at radius 1 is 1.25 bits per heavy atom. The van der Waals surface area contributed by atoms with Gasteiger partial charge < -0.3 is 5.32 Å². The number of hydrogen-bond acceptors (Lipinski definition) is 3. The summed E-state index contributed by atoms with van der Waals surface area (Å²) >= 11 is 0. The van der Waals surface area contributed by atoms with Crippen molar-refractivity contribution in [1.29, 1.82) is 0 Å². The minimum absolute atomic E-state index is 0.0332. The summed E-state index contributed by atoms with van der Waals surface area (Å²) in [6, 6.07) is 6.79. The van der Waals surface area contributed by atoms with Crippen molar-refractivity contribution in [3.05, 3.63) is 29.8 Å². The highest BCUT2D eigenvalue weighted by Gasteiger charge is 2.17. The minimum atomic E-state index is -3.35. The number of hydrogen-bond donors (Lipinski definition) is 2. The van der Waals surface area contributed by atoms with E-state index in [1.54, 1.807) is 18.2 Å². The Bertz CT molecular complexity index is 570. The third kappa shape index (κ3) is 4.85. The molecule has 0 aromatic heterocycles. The molecule has 0 unspecified atom stereocenters. The molecule has 6 heteroatoms. The van der Waals surface area contributed by atoms with E-state index in [9.17, 15) is 13.2 Å². The van der Waals surface area contributed by atoms with E-state index in [1.807, 2.05) is 26.8 Å². The number of anilines is 1. The molecule has 20 heavy (non-hydrogen) atoms. The van der Waals surface area contributed by atoms with Gasteiger partial charge in [0.1, 0.15) is 0 Å². The van der Waals surface area contributed by atoms with Crippen LogP contribution < -0.4 is 10.0 Å². The van der Waals surface area contributed by atoms with E-state index in [2.05, 4.69) is 10.0 Å². The largest absolute Gasteiger partial charge is 0.349 e. The lowest BCUT2D eigenvalue weighted by Crippen LogP contribution is -2.31. The van der Waals surface area contributed by atoms with Gasteiger partial charge in [0, 0.05) is 5.92 Å². The Hall–Kier alpha value is -1.56. The lowest BCUT2D eigenvalue weighted by molar-refractivity contribution is -0.125. The lowest BCUT2D eigenvalue weighted by Gasteiger charge is -2.20. The highest BCUT2D eigenvalue weighted by molar-refractivity contribution is 7.92. The summed E-state index contributed by atoms with van der Waals surface area (Å²) in [6.07, 6.45) is 1.87. The van der Waals surface area contributed by atoms with E-state index in [1.165, 1.54) is 0 Å². The second-order valence-corrected chi connectivity index (χ2v) is 6.75. The predicted molar refractivity (Wildman–Crippen MR) is 80.9 cm³/mol. The fourth-order valence-corrected chi connectivity index (χ4v) is 2.37. The quantitative estimate of drug-likeness (QED) is 0.846. The minimum Gasteiger partial charge on any atom is -0.349 e. The van der Waals surface area contributed by atoms with Gasteiger partial charge in [-0.3, -0.25) is 9.52 Å². The van der Waals surface area contributed by atoms with Crippen molar-refractivity contribution in [3.63, 3.8) is 0 Å². The summed E-state index contributed by atoms with van der Waals surface area (Å²) in [5, 5.41) is 2.90. The molecule has 0 aliphatic carbocycles. The maximum atomic E-state index is 11.9. The first-order valence-corrected chi connectivity index (χ1v) is 8.50. The van der Waals surface area contributed by atoms with Crippen LogP contribution in [0.3, 0.4) is 0 Å². The maximum Gasteiger partial charge on any atom is 0.229 e. The number of rotatable bonds is 6. The molecule has 1 aromatic rings. The number of carbonyl (C=O) groups excluding carboxylic acids is 1. The number of benzene rings is 1. The van der Waals surface area contributed by atoms with Gasteiger partial charge in [-0.05, 0) is 25.0 Å².